The predicted molar refractivity (Wildman–Crippen MR) is 53.4 cm³/mol. The van der Waals surface area contributed by atoms with Gasteiger partial charge in [0.25, 0.3) is 0 Å². The lowest BCUT2D eigenvalue weighted by atomic mass is 10.3. The molecular formula is C8H9BrN4. The summed E-state index contributed by atoms with van der Waals surface area (Å²) in [5.74, 6) is 0. The SMILES string of the molecule is NCCc1ccc2ncc(Br)n2n1. The van der Waals surface area contributed by atoms with E-state index in [0.717, 1.165) is 22.4 Å². The molecule has 13 heavy (non-hydrogen) atoms. The molecule has 5 heteroatoms. The number of aromatic nitrogens is 3. The van der Waals surface area contributed by atoms with Gasteiger partial charge in [-0.15, -0.1) is 0 Å². The fourth-order valence-corrected chi connectivity index (χ4v) is 1.53. The van der Waals surface area contributed by atoms with Gasteiger partial charge >= 0.3 is 0 Å². The van der Waals surface area contributed by atoms with Gasteiger partial charge in [0.1, 0.15) is 4.60 Å². The van der Waals surface area contributed by atoms with E-state index in [1.54, 1.807) is 10.7 Å². The van der Waals surface area contributed by atoms with Gasteiger partial charge in [0, 0.05) is 6.42 Å². The van der Waals surface area contributed by atoms with Gasteiger partial charge in [-0.2, -0.15) is 5.10 Å². The van der Waals surface area contributed by atoms with E-state index in [0.29, 0.717) is 6.54 Å². The highest BCUT2D eigenvalue weighted by Gasteiger charge is 2.01. The molecule has 0 aliphatic rings. The summed E-state index contributed by atoms with van der Waals surface area (Å²) in [6.45, 7) is 0.616. The lowest BCUT2D eigenvalue weighted by molar-refractivity contribution is 0.821. The van der Waals surface area contributed by atoms with Gasteiger partial charge in [-0.3, -0.25) is 0 Å². The number of nitrogens with zero attached hydrogens (tertiary/aromatic N) is 3. The van der Waals surface area contributed by atoms with Crippen LogP contribution < -0.4 is 5.73 Å². The van der Waals surface area contributed by atoms with E-state index in [1.807, 2.05) is 12.1 Å². The Bertz CT molecular complexity index is 423. The quantitative estimate of drug-likeness (QED) is 0.853. The molecule has 0 atom stereocenters. The van der Waals surface area contributed by atoms with Gasteiger partial charge in [-0.25, -0.2) is 9.50 Å². The summed E-state index contributed by atoms with van der Waals surface area (Å²) in [6, 6.07) is 3.88. The highest BCUT2D eigenvalue weighted by Crippen LogP contribution is 2.11. The lowest BCUT2D eigenvalue weighted by Gasteiger charge is -1.98. The summed E-state index contributed by atoms with van der Waals surface area (Å²) in [4.78, 5) is 4.14. The lowest BCUT2D eigenvalue weighted by Crippen LogP contribution is -2.06. The summed E-state index contributed by atoms with van der Waals surface area (Å²) in [7, 11) is 0. The Morgan fingerprint density at radius 3 is 3.08 bits per heavy atom. The van der Waals surface area contributed by atoms with Crippen LogP contribution in [0.5, 0.6) is 0 Å². The molecule has 0 unspecified atom stereocenters. The molecule has 0 amide bonds. The highest BCUT2D eigenvalue weighted by molar-refractivity contribution is 9.10. The normalized spacial score (nSPS) is 10.9. The van der Waals surface area contributed by atoms with Crippen molar-refractivity contribution in [3.05, 3.63) is 28.6 Å². The Morgan fingerprint density at radius 1 is 1.46 bits per heavy atom. The number of halogens is 1. The van der Waals surface area contributed by atoms with Crippen molar-refractivity contribution >= 4 is 21.6 Å². The van der Waals surface area contributed by atoms with Crippen LogP contribution in [0.1, 0.15) is 5.69 Å². The number of nitrogens with two attached hydrogens (primary N) is 1. The fraction of sp³-hybridized carbons (Fsp3) is 0.250. The van der Waals surface area contributed by atoms with E-state index >= 15 is 0 Å². The molecule has 0 radical (unpaired) electrons. The summed E-state index contributed by atoms with van der Waals surface area (Å²) in [6.07, 6.45) is 2.52. The van der Waals surface area contributed by atoms with Crippen molar-refractivity contribution in [2.24, 2.45) is 5.73 Å². The van der Waals surface area contributed by atoms with E-state index < -0.39 is 0 Å². The first-order valence-electron chi connectivity index (χ1n) is 4.00. The van der Waals surface area contributed by atoms with E-state index in [-0.39, 0.29) is 0 Å². The third-order valence-electron chi connectivity index (χ3n) is 1.78. The fourth-order valence-electron chi connectivity index (χ4n) is 1.16. The summed E-state index contributed by atoms with van der Waals surface area (Å²) >= 11 is 3.36. The summed E-state index contributed by atoms with van der Waals surface area (Å²) in [5, 5.41) is 4.35. The molecule has 2 aromatic rings. The van der Waals surface area contributed by atoms with Gasteiger partial charge in [-0.05, 0) is 34.6 Å². The smallest absolute Gasteiger partial charge is 0.154 e. The maximum absolute atomic E-state index is 5.44. The molecule has 68 valence electrons. The maximum Gasteiger partial charge on any atom is 0.154 e. The zero-order chi connectivity index (χ0) is 9.26. The van der Waals surface area contributed by atoms with Crippen molar-refractivity contribution in [2.45, 2.75) is 6.42 Å². The molecule has 2 heterocycles. The first kappa shape index (κ1) is 8.65. The van der Waals surface area contributed by atoms with Crippen LogP contribution in [0.2, 0.25) is 0 Å². The monoisotopic (exact) mass is 240 g/mol. The largest absolute Gasteiger partial charge is 0.330 e. The minimum atomic E-state index is 0.616. The molecule has 4 nitrogen and oxygen atoms in total. The Hall–Kier alpha value is -0.940. The van der Waals surface area contributed by atoms with Crippen LogP contribution in [0.3, 0.4) is 0 Å². The Balaban J connectivity index is 2.53. The zero-order valence-corrected chi connectivity index (χ0v) is 8.53. The van der Waals surface area contributed by atoms with Gasteiger partial charge in [0.05, 0.1) is 11.9 Å². The molecule has 0 aliphatic carbocycles. The first-order valence-corrected chi connectivity index (χ1v) is 4.80. The van der Waals surface area contributed by atoms with E-state index in [4.69, 9.17) is 5.73 Å². The summed E-state index contributed by atoms with van der Waals surface area (Å²) < 4.78 is 2.62. The van der Waals surface area contributed by atoms with Gasteiger partial charge in [0.2, 0.25) is 0 Å². The number of imidazole rings is 1. The molecule has 0 bridgehead atoms. The van der Waals surface area contributed by atoms with Crippen molar-refractivity contribution in [1.29, 1.82) is 0 Å². The van der Waals surface area contributed by atoms with E-state index in [1.165, 1.54) is 0 Å². The number of fused-ring (bicyclic) bond motifs is 1. The van der Waals surface area contributed by atoms with Crippen molar-refractivity contribution in [1.82, 2.24) is 14.6 Å². The highest BCUT2D eigenvalue weighted by atomic mass is 79.9. The van der Waals surface area contributed by atoms with E-state index in [9.17, 15) is 0 Å². The molecule has 0 saturated heterocycles. The Kier molecular flexibility index (Phi) is 2.28. The molecule has 0 fully saturated rings. The van der Waals surface area contributed by atoms with Gasteiger partial charge < -0.3 is 5.73 Å². The second-order valence-corrected chi connectivity index (χ2v) is 3.53. The second kappa shape index (κ2) is 3.43. The summed E-state index contributed by atoms with van der Waals surface area (Å²) in [5.41, 5.74) is 7.26. The van der Waals surface area contributed by atoms with Crippen molar-refractivity contribution in [3.63, 3.8) is 0 Å². The minimum absolute atomic E-state index is 0.616. The van der Waals surface area contributed by atoms with Crippen LogP contribution in [0.15, 0.2) is 22.9 Å². The van der Waals surface area contributed by atoms with Crippen molar-refractivity contribution in [3.8, 4) is 0 Å². The van der Waals surface area contributed by atoms with Gasteiger partial charge in [0.15, 0.2) is 5.65 Å². The zero-order valence-electron chi connectivity index (χ0n) is 6.94. The second-order valence-electron chi connectivity index (χ2n) is 2.71. The van der Waals surface area contributed by atoms with Gasteiger partial charge in [-0.1, -0.05) is 0 Å². The Labute approximate surface area is 83.9 Å². The average Bonchev–Trinajstić information content (AvgIpc) is 2.49. The van der Waals surface area contributed by atoms with Crippen molar-refractivity contribution < 1.29 is 0 Å². The number of rotatable bonds is 2. The average molecular weight is 241 g/mol. The van der Waals surface area contributed by atoms with Crippen LogP contribution in [0, 0.1) is 0 Å². The van der Waals surface area contributed by atoms with Crippen LogP contribution in [-0.4, -0.2) is 21.1 Å². The van der Waals surface area contributed by atoms with Crippen LogP contribution in [0.25, 0.3) is 5.65 Å². The molecule has 0 aliphatic heterocycles. The molecule has 2 N–H and O–H groups in total. The molecule has 0 aromatic carbocycles. The molecule has 2 aromatic heterocycles. The first-order chi connectivity index (χ1) is 6.31. The molecule has 2 rings (SSSR count). The van der Waals surface area contributed by atoms with Crippen LogP contribution in [-0.2, 0) is 6.42 Å². The molecule has 0 spiro atoms. The van der Waals surface area contributed by atoms with E-state index in [2.05, 4.69) is 26.0 Å². The Morgan fingerprint density at radius 2 is 2.31 bits per heavy atom. The molecule has 0 saturated carbocycles. The number of hydrogen-bond donors (Lipinski definition) is 1. The molecular weight excluding hydrogens is 232 g/mol. The third kappa shape index (κ3) is 1.57. The topological polar surface area (TPSA) is 56.2 Å². The van der Waals surface area contributed by atoms with Crippen LogP contribution in [0.4, 0.5) is 0 Å². The number of hydrogen-bond acceptors (Lipinski definition) is 3. The third-order valence-corrected chi connectivity index (χ3v) is 2.32. The standard InChI is InChI=1S/C8H9BrN4/c9-7-5-11-8-2-1-6(3-4-10)12-13(7)8/h1-2,5H,3-4,10H2. The minimum Gasteiger partial charge on any atom is -0.330 e. The van der Waals surface area contributed by atoms with Crippen LogP contribution >= 0.6 is 15.9 Å². The predicted octanol–water partition coefficient (Wildman–Crippen LogP) is 0.993. The van der Waals surface area contributed by atoms with Crippen molar-refractivity contribution in [2.75, 3.05) is 6.54 Å². The maximum atomic E-state index is 5.44.